The highest BCUT2D eigenvalue weighted by Gasteiger charge is 2.49. The first kappa shape index (κ1) is 40.2. The predicted molar refractivity (Wildman–Crippen MR) is 214 cm³/mol. The molecule has 2 bridgehead atoms. The van der Waals surface area contributed by atoms with E-state index in [9.17, 15) is 13.6 Å². The number of anilines is 1. The molecule has 5 aromatic rings. The SMILES string of the molecule is C#Cc1c(F)ccc2cc(OCOC)cc(-c3nc4c5c(nc(OC[C@]6(C)CN(C)CC[C@@H]6C(F)F)nc5c3F)N3C[C@H]5CC[C@@H]([C@H]3CCC4)N5Cc3oc(=O)oc3C)c12. The largest absolute Gasteiger partial charge is 0.519 e. The number of hydrogen-bond acceptors (Lipinski definition) is 12. The number of nitrogens with zero attached hydrogens (tertiary/aromatic N) is 6. The summed E-state index contributed by atoms with van der Waals surface area (Å²) in [5.41, 5.74) is -0.441. The van der Waals surface area contributed by atoms with Gasteiger partial charge < -0.3 is 32.8 Å². The molecule has 0 spiro atoms. The molecule has 0 unspecified atom stereocenters. The van der Waals surface area contributed by atoms with Crippen LogP contribution in [-0.4, -0.2) is 96.5 Å². The van der Waals surface area contributed by atoms with Gasteiger partial charge in [0.1, 0.15) is 34.4 Å². The number of pyridine rings is 1. The van der Waals surface area contributed by atoms with Gasteiger partial charge in [-0.3, -0.25) is 4.90 Å². The fourth-order valence-corrected chi connectivity index (χ4v) is 10.3. The Morgan fingerprint density at radius 3 is 2.63 bits per heavy atom. The van der Waals surface area contributed by atoms with Gasteiger partial charge in [-0.15, -0.1) is 6.42 Å². The fourth-order valence-electron chi connectivity index (χ4n) is 10.3. The van der Waals surface area contributed by atoms with Gasteiger partial charge in [0.2, 0.25) is 6.43 Å². The molecule has 0 amide bonds. The zero-order chi connectivity index (χ0) is 42.0. The van der Waals surface area contributed by atoms with Crippen molar-refractivity contribution in [1.29, 1.82) is 0 Å². The second-order valence-corrected chi connectivity index (χ2v) is 16.9. The van der Waals surface area contributed by atoms with Crippen LogP contribution in [0.5, 0.6) is 11.8 Å². The quantitative estimate of drug-likeness (QED) is 0.0812. The van der Waals surface area contributed by atoms with Crippen LogP contribution in [-0.2, 0) is 17.7 Å². The summed E-state index contributed by atoms with van der Waals surface area (Å²) < 4.78 is 90.0. The summed E-state index contributed by atoms with van der Waals surface area (Å²) >= 11 is 0. The number of aromatic nitrogens is 3. The zero-order valence-electron chi connectivity index (χ0n) is 33.9. The van der Waals surface area contributed by atoms with Crippen molar-refractivity contribution in [3.63, 3.8) is 0 Å². The third-order valence-corrected chi connectivity index (χ3v) is 13.1. The normalized spacial score (nSPS) is 24.4. The van der Waals surface area contributed by atoms with E-state index in [2.05, 4.69) is 15.7 Å². The Morgan fingerprint density at radius 2 is 1.88 bits per heavy atom. The van der Waals surface area contributed by atoms with Crippen molar-refractivity contribution in [2.24, 2.45) is 11.3 Å². The molecule has 3 saturated heterocycles. The molecule has 4 aliphatic rings. The highest BCUT2D eigenvalue weighted by atomic mass is 19.3. The van der Waals surface area contributed by atoms with E-state index >= 15 is 8.78 Å². The molecule has 316 valence electrons. The van der Waals surface area contributed by atoms with Crippen molar-refractivity contribution in [1.82, 2.24) is 24.8 Å². The minimum absolute atomic E-state index is 0.0296. The molecule has 0 aliphatic carbocycles. The number of halogens is 4. The Morgan fingerprint density at radius 1 is 1.05 bits per heavy atom. The van der Waals surface area contributed by atoms with Crippen molar-refractivity contribution >= 4 is 27.5 Å². The first-order valence-corrected chi connectivity index (χ1v) is 20.3. The Labute approximate surface area is 343 Å². The number of likely N-dealkylation sites (tertiary alicyclic amines) is 1. The number of hydrogen-bond donors (Lipinski definition) is 0. The van der Waals surface area contributed by atoms with Gasteiger partial charge in [-0.05, 0) is 82.6 Å². The maximum atomic E-state index is 17.8. The van der Waals surface area contributed by atoms with E-state index in [-0.39, 0.29) is 65.3 Å². The van der Waals surface area contributed by atoms with Crippen LogP contribution in [0.1, 0.15) is 61.8 Å². The number of aryl methyl sites for hydroxylation is 2. The van der Waals surface area contributed by atoms with Crippen LogP contribution in [0, 0.1) is 42.2 Å². The Kier molecular flexibility index (Phi) is 10.5. The number of fused-ring (bicyclic) bond motifs is 6. The number of alkyl halides is 2. The van der Waals surface area contributed by atoms with Gasteiger partial charge in [0.15, 0.2) is 18.4 Å². The smallest absolute Gasteiger partial charge is 0.468 e. The average Bonchev–Trinajstić information content (AvgIpc) is 3.69. The summed E-state index contributed by atoms with van der Waals surface area (Å²) in [5.74, 6) is 1.02. The van der Waals surface area contributed by atoms with E-state index in [0.29, 0.717) is 85.0 Å². The molecule has 5 atom stereocenters. The summed E-state index contributed by atoms with van der Waals surface area (Å²) in [6, 6.07) is 5.89. The highest BCUT2D eigenvalue weighted by Crippen LogP contribution is 2.46. The first-order valence-electron chi connectivity index (χ1n) is 20.3. The summed E-state index contributed by atoms with van der Waals surface area (Å²) in [6.45, 7) is 5.08. The minimum Gasteiger partial charge on any atom is -0.468 e. The van der Waals surface area contributed by atoms with Crippen LogP contribution in [0.25, 0.3) is 32.9 Å². The molecular formula is C44H46F4N6O6. The molecule has 60 heavy (non-hydrogen) atoms. The summed E-state index contributed by atoms with van der Waals surface area (Å²) in [7, 11) is 3.36. The van der Waals surface area contributed by atoms with E-state index < -0.39 is 35.2 Å². The van der Waals surface area contributed by atoms with E-state index in [0.717, 1.165) is 19.3 Å². The van der Waals surface area contributed by atoms with Gasteiger partial charge in [0.05, 0.1) is 29.8 Å². The minimum atomic E-state index is -2.56. The molecule has 7 heterocycles. The second kappa shape index (κ2) is 15.7. The Hall–Kier alpha value is -5.24. The molecule has 3 fully saturated rings. The third-order valence-electron chi connectivity index (χ3n) is 13.1. The standard InChI is InChI=1S/C44H46F4N6O6/c1-6-27-30(45)12-10-24-16-26(58-22-56-5)17-28(35(24)27)38-37(46)39-36-31(49-38)8-7-9-32-33-13-11-25(53(33)19-34-23(2)59-43(55)60-34)18-54(32)41(36)51-42(50-39)57-21-44(3)20-52(4)15-14-29(44)40(47)48/h1,10,12,16-17,25,29,32-33,40H,7-9,11,13-15,18-22H2,2-5H3/t25-,29-,32-,33+,44+/m1/s1. The molecule has 0 N–H and O–H groups in total. The zero-order valence-corrected chi connectivity index (χ0v) is 33.9. The van der Waals surface area contributed by atoms with Crippen molar-refractivity contribution in [3.05, 3.63) is 69.3 Å². The molecular weight excluding hydrogens is 785 g/mol. The topological polar surface area (TPSA) is 119 Å². The van der Waals surface area contributed by atoms with Crippen LogP contribution < -0.4 is 20.2 Å². The van der Waals surface area contributed by atoms with Crippen LogP contribution >= 0.6 is 0 Å². The van der Waals surface area contributed by atoms with E-state index in [4.69, 9.17) is 44.4 Å². The molecule has 0 radical (unpaired) electrons. The number of terminal acetylenes is 1. The van der Waals surface area contributed by atoms with E-state index in [1.165, 1.54) is 13.2 Å². The molecule has 2 aromatic carbocycles. The molecule has 9 rings (SSSR count). The number of piperazine rings is 1. The number of ether oxygens (including phenoxy) is 3. The molecule has 3 aromatic heterocycles. The third kappa shape index (κ3) is 6.94. The van der Waals surface area contributed by atoms with Crippen molar-refractivity contribution in [3.8, 4) is 35.4 Å². The van der Waals surface area contributed by atoms with E-state index in [1.807, 2.05) is 11.9 Å². The van der Waals surface area contributed by atoms with Gasteiger partial charge in [-0.1, -0.05) is 18.9 Å². The summed E-state index contributed by atoms with van der Waals surface area (Å²) in [6.07, 6.45) is 7.21. The van der Waals surface area contributed by atoms with Gasteiger partial charge in [0.25, 0.3) is 0 Å². The van der Waals surface area contributed by atoms with Crippen molar-refractivity contribution < 1.29 is 40.6 Å². The van der Waals surface area contributed by atoms with Crippen LogP contribution in [0.2, 0.25) is 0 Å². The number of rotatable bonds is 10. The first-order chi connectivity index (χ1) is 28.9. The van der Waals surface area contributed by atoms with Crippen LogP contribution in [0.3, 0.4) is 0 Å². The maximum Gasteiger partial charge on any atom is 0.519 e. The predicted octanol–water partition coefficient (Wildman–Crippen LogP) is 7.10. The highest BCUT2D eigenvalue weighted by molar-refractivity contribution is 6.03. The number of methoxy groups -OCH3 is 1. The number of benzene rings is 2. The lowest BCUT2D eigenvalue weighted by molar-refractivity contribution is -0.0679. The van der Waals surface area contributed by atoms with Crippen molar-refractivity contribution in [2.45, 2.75) is 83.5 Å². The lowest BCUT2D eigenvalue weighted by Gasteiger charge is -2.48. The van der Waals surface area contributed by atoms with Crippen LogP contribution in [0.15, 0.2) is 37.9 Å². The number of piperidine rings is 1. The lowest BCUT2D eigenvalue weighted by atomic mass is 9.73. The van der Waals surface area contributed by atoms with Gasteiger partial charge in [-0.2, -0.15) is 9.97 Å². The monoisotopic (exact) mass is 830 g/mol. The van der Waals surface area contributed by atoms with E-state index in [1.54, 1.807) is 32.0 Å². The maximum absolute atomic E-state index is 17.8. The van der Waals surface area contributed by atoms with Crippen LogP contribution in [0.4, 0.5) is 23.4 Å². The van der Waals surface area contributed by atoms with Gasteiger partial charge in [0, 0.05) is 60.6 Å². The van der Waals surface area contributed by atoms with Gasteiger partial charge in [-0.25, -0.2) is 27.3 Å². The molecule has 16 heteroatoms. The Balaban J connectivity index is 1.21. The Bertz CT molecular complexity index is 2580. The fraction of sp³-hybridized carbons (Fsp3) is 0.500. The molecule has 0 saturated carbocycles. The second-order valence-electron chi connectivity index (χ2n) is 16.9. The summed E-state index contributed by atoms with van der Waals surface area (Å²) in [5, 5.41) is 1.21. The van der Waals surface area contributed by atoms with Crippen molar-refractivity contribution in [2.75, 3.05) is 52.1 Å². The molecule has 4 aliphatic heterocycles. The average molecular weight is 831 g/mol. The lowest BCUT2D eigenvalue weighted by Crippen LogP contribution is -2.60. The van der Waals surface area contributed by atoms with Gasteiger partial charge >= 0.3 is 11.8 Å². The molecule has 12 nitrogen and oxygen atoms in total. The summed E-state index contributed by atoms with van der Waals surface area (Å²) in [4.78, 5) is 33.2.